The summed E-state index contributed by atoms with van der Waals surface area (Å²) in [6.07, 6.45) is 1.72. The fourth-order valence-corrected chi connectivity index (χ4v) is 2.28. The van der Waals surface area contributed by atoms with Crippen molar-refractivity contribution in [3.63, 3.8) is 0 Å². The molecule has 1 aromatic carbocycles. The fourth-order valence-electron chi connectivity index (χ4n) is 2.28. The van der Waals surface area contributed by atoms with E-state index < -0.39 is 5.82 Å². The molecule has 1 heterocycles. The first-order chi connectivity index (χ1) is 9.10. The van der Waals surface area contributed by atoms with Gasteiger partial charge in [-0.25, -0.2) is 4.39 Å². The van der Waals surface area contributed by atoms with Crippen LogP contribution in [0.3, 0.4) is 0 Å². The van der Waals surface area contributed by atoms with Crippen molar-refractivity contribution in [1.82, 2.24) is 4.90 Å². The van der Waals surface area contributed by atoms with E-state index in [1.54, 1.807) is 13.0 Å². The minimum Gasteiger partial charge on any atom is -0.382 e. The van der Waals surface area contributed by atoms with E-state index in [-0.39, 0.29) is 17.5 Å². The third kappa shape index (κ3) is 3.22. The number of nitriles is 1. The zero-order valence-electron chi connectivity index (χ0n) is 10.8. The molecule has 1 fully saturated rings. The third-order valence-electron chi connectivity index (χ3n) is 3.40. The fraction of sp³-hybridized carbons (Fsp3) is 0.429. The summed E-state index contributed by atoms with van der Waals surface area (Å²) in [6.45, 7) is 3.05. The molecule has 4 nitrogen and oxygen atoms in total. The molecule has 1 aliphatic heterocycles. The maximum absolute atomic E-state index is 13.2. The molecule has 0 aliphatic carbocycles. The van der Waals surface area contributed by atoms with Crippen LogP contribution >= 0.6 is 0 Å². The summed E-state index contributed by atoms with van der Waals surface area (Å²) >= 11 is 0. The maximum atomic E-state index is 13.2. The van der Waals surface area contributed by atoms with Crippen LogP contribution in [0.25, 0.3) is 0 Å². The maximum Gasteiger partial charge on any atom is 0.219 e. The third-order valence-corrected chi connectivity index (χ3v) is 3.40. The zero-order chi connectivity index (χ0) is 13.8. The summed E-state index contributed by atoms with van der Waals surface area (Å²) in [5.41, 5.74) is 0.797. The highest BCUT2D eigenvalue weighted by molar-refractivity contribution is 5.73. The number of carbonyl (C=O) groups is 1. The molecule has 2 rings (SSSR count). The highest BCUT2D eigenvalue weighted by Gasteiger charge is 2.20. The number of hydrogen-bond donors (Lipinski definition) is 1. The van der Waals surface area contributed by atoms with Gasteiger partial charge in [0, 0.05) is 31.7 Å². The molecule has 1 saturated heterocycles. The largest absolute Gasteiger partial charge is 0.382 e. The van der Waals surface area contributed by atoms with Crippen LogP contribution in [-0.4, -0.2) is 29.9 Å². The van der Waals surface area contributed by atoms with Gasteiger partial charge in [0.2, 0.25) is 5.91 Å². The highest BCUT2D eigenvalue weighted by Crippen LogP contribution is 2.19. The average molecular weight is 261 g/mol. The second kappa shape index (κ2) is 5.70. The first kappa shape index (κ1) is 13.3. The Kier molecular flexibility index (Phi) is 4.00. The zero-order valence-corrected chi connectivity index (χ0v) is 10.8. The van der Waals surface area contributed by atoms with E-state index in [9.17, 15) is 9.18 Å². The quantitative estimate of drug-likeness (QED) is 0.887. The number of halogens is 1. The summed E-state index contributed by atoms with van der Waals surface area (Å²) in [5.74, 6) is -0.397. The lowest BCUT2D eigenvalue weighted by molar-refractivity contribution is -0.129. The van der Waals surface area contributed by atoms with Crippen molar-refractivity contribution in [3.8, 4) is 6.07 Å². The van der Waals surface area contributed by atoms with Gasteiger partial charge in [0.25, 0.3) is 0 Å². The monoisotopic (exact) mass is 261 g/mol. The van der Waals surface area contributed by atoms with Gasteiger partial charge in [0.05, 0.1) is 5.56 Å². The first-order valence-corrected chi connectivity index (χ1v) is 6.32. The number of hydrogen-bond acceptors (Lipinski definition) is 3. The normalized spacial score (nSPS) is 15.9. The van der Waals surface area contributed by atoms with E-state index in [0.717, 1.165) is 31.6 Å². The number of benzene rings is 1. The molecule has 0 unspecified atom stereocenters. The van der Waals surface area contributed by atoms with Gasteiger partial charge in [-0.15, -0.1) is 0 Å². The molecule has 0 aromatic heterocycles. The van der Waals surface area contributed by atoms with E-state index in [1.807, 2.05) is 11.0 Å². The Bertz CT molecular complexity index is 516. The number of nitrogens with zero attached hydrogens (tertiary/aromatic N) is 2. The van der Waals surface area contributed by atoms with E-state index in [4.69, 9.17) is 5.26 Å². The molecule has 1 amide bonds. The van der Waals surface area contributed by atoms with Crippen molar-refractivity contribution in [1.29, 1.82) is 5.26 Å². The Labute approximate surface area is 111 Å². The van der Waals surface area contributed by atoms with Crippen molar-refractivity contribution < 1.29 is 9.18 Å². The van der Waals surface area contributed by atoms with Crippen LogP contribution in [0.2, 0.25) is 0 Å². The summed E-state index contributed by atoms with van der Waals surface area (Å²) in [5, 5.41) is 12.1. The lowest BCUT2D eigenvalue weighted by Gasteiger charge is -2.32. The van der Waals surface area contributed by atoms with Gasteiger partial charge in [0.1, 0.15) is 11.9 Å². The molecular formula is C14H16FN3O. The van der Waals surface area contributed by atoms with Gasteiger partial charge < -0.3 is 10.2 Å². The Morgan fingerprint density at radius 1 is 1.47 bits per heavy atom. The van der Waals surface area contributed by atoms with Gasteiger partial charge in [-0.05, 0) is 31.0 Å². The number of carbonyl (C=O) groups excluding carboxylic acids is 1. The molecule has 1 aliphatic rings. The average Bonchev–Trinajstić information content (AvgIpc) is 2.41. The summed E-state index contributed by atoms with van der Waals surface area (Å²) in [7, 11) is 0. The number of piperidine rings is 1. The molecule has 0 spiro atoms. The molecule has 0 radical (unpaired) electrons. The highest BCUT2D eigenvalue weighted by atomic mass is 19.1. The molecule has 19 heavy (non-hydrogen) atoms. The molecule has 1 N–H and O–H groups in total. The second-order valence-electron chi connectivity index (χ2n) is 4.73. The standard InChI is InChI=1S/C14H16FN3O/c1-10(19)18-6-4-12(5-7-18)17-13-2-3-14(15)11(8-13)9-16/h2-3,8,12,17H,4-7H2,1H3. The van der Waals surface area contributed by atoms with Crippen LogP contribution < -0.4 is 5.32 Å². The van der Waals surface area contributed by atoms with Gasteiger partial charge >= 0.3 is 0 Å². The van der Waals surface area contributed by atoms with E-state index in [2.05, 4.69) is 5.32 Å². The van der Waals surface area contributed by atoms with Crippen molar-refractivity contribution >= 4 is 11.6 Å². The predicted octanol–water partition coefficient (Wildman–Crippen LogP) is 2.12. The van der Waals surface area contributed by atoms with E-state index >= 15 is 0 Å². The Balaban J connectivity index is 1.96. The topological polar surface area (TPSA) is 56.1 Å². The Morgan fingerprint density at radius 3 is 2.74 bits per heavy atom. The van der Waals surface area contributed by atoms with Crippen LogP contribution in [-0.2, 0) is 4.79 Å². The SMILES string of the molecule is CC(=O)N1CCC(Nc2ccc(F)c(C#N)c2)CC1. The van der Waals surface area contributed by atoms with Gasteiger partial charge in [-0.3, -0.25) is 4.79 Å². The summed E-state index contributed by atoms with van der Waals surface area (Å²) < 4.78 is 13.2. The van der Waals surface area contributed by atoms with E-state index in [1.165, 1.54) is 12.1 Å². The molecule has 5 heteroatoms. The van der Waals surface area contributed by atoms with Crippen LogP contribution in [0, 0.1) is 17.1 Å². The summed E-state index contributed by atoms with van der Waals surface area (Å²) in [6, 6.07) is 6.53. The summed E-state index contributed by atoms with van der Waals surface area (Å²) in [4.78, 5) is 13.0. The number of likely N-dealkylation sites (tertiary alicyclic amines) is 1. The molecule has 1 aromatic rings. The van der Waals surface area contributed by atoms with Crippen molar-refractivity contribution in [3.05, 3.63) is 29.6 Å². The van der Waals surface area contributed by atoms with Crippen LogP contribution in [0.4, 0.5) is 10.1 Å². The van der Waals surface area contributed by atoms with Gasteiger partial charge in [0.15, 0.2) is 0 Å². The molecule has 100 valence electrons. The van der Waals surface area contributed by atoms with E-state index in [0.29, 0.717) is 0 Å². The second-order valence-corrected chi connectivity index (χ2v) is 4.73. The van der Waals surface area contributed by atoms with Crippen LogP contribution in [0.5, 0.6) is 0 Å². The van der Waals surface area contributed by atoms with Crippen molar-refractivity contribution in [2.75, 3.05) is 18.4 Å². The Morgan fingerprint density at radius 2 is 2.16 bits per heavy atom. The number of anilines is 1. The minimum atomic E-state index is -0.501. The van der Waals surface area contributed by atoms with Gasteiger partial charge in [-0.1, -0.05) is 0 Å². The Hall–Kier alpha value is -2.09. The minimum absolute atomic E-state index is 0.0474. The van der Waals surface area contributed by atoms with Crippen LogP contribution in [0.1, 0.15) is 25.3 Å². The smallest absolute Gasteiger partial charge is 0.219 e. The number of nitrogens with one attached hydrogen (secondary N) is 1. The predicted molar refractivity (Wildman–Crippen MR) is 70.0 cm³/mol. The number of amides is 1. The van der Waals surface area contributed by atoms with Crippen LogP contribution in [0.15, 0.2) is 18.2 Å². The lowest BCUT2D eigenvalue weighted by atomic mass is 10.0. The molecule has 0 bridgehead atoms. The van der Waals surface area contributed by atoms with Crippen molar-refractivity contribution in [2.24, 2.45) is 0 Å². The number of rotatable bonds is 2. The molecule has 0 atom stereocenters. The lowest BCUT2D eigenvalue weighted by Crippen LogP contribution is -2.41. The first-order valence-electron chi connectivity index (χ1n) is 6.32. The molecule has 0 saturated carbocycles. The van der Waals surface area contributed by atoms with Crippen molar-refractivity contribution in [2.45, 2.75) is 25.8 Å². The van der Waals surface area contributed by atoms with Gasteiger partial charge in [-0.2, -0.15) is 5.26 Å². The molecular weight excluding hydrogens is 245 g/mol.